The Balaban J connectivity index is 2.39. The first-order chi connectivity index (χ1) is 7.72. The Kier molecular flexibility index (Phi) is 3.60. The predicted molar refractivity (Wildman–Crippen MR) is 72.2 cm³/mol. The highest BCUT2D eigenvalue weighted by molar-refractivity contribution is 14.1. The summed E-state index contributed by atoms with van der Waals surface area (Å²) in [6.45, 7) is 2.75. The SMILES string of the molecule is CNCc1ncc(-c2cccc(C)c2I)o1. The van der Waals surface area contributed by atoms with Gasteiger partial charge in [-0.05, 0) is 42.1 Å². The summed E-state index contributed by atoms with van der Waals surface area (Å²) in [4.78, 5) is 4.22. The lowest BCUT2D eigenvalue weighted by Gasteiger charge is -2.03. The first-order valence-electron chi connectivity index (χ1n) is 5.07. The van der Waals surface area contributed by atoms with Gasteiger partial charge in [0.2, 0.25) is 5.89 Å². The van der Waals surface area contributed by atoms with E-state index < -0.39 is 0 Å². The topological polar surface area (TPSA) is 38.1 Å². The lowest BCUT2D eigenvalue weighted by atomic mass is 10.1. The Morgan fingerprint density at radius 3 is 3.00 bits per heavy atom. The molecule has 1 N–H and O–H groups in total. The van der Waals surface area contributed by atoms with Crippen LogP contribution in [0.2, 0.25) is 0 Å². The zero-order valence-electron chi connectivity index (χ0n) is 9.25. The largest absolute Gasteiger partial charge is 0.439 e. The minimum Gasteiger partial charge on any atom is -0.439 e. The fourth-order valence-corrected chi connectivity index (χ4v) is 2.13. The zero-order valence-corrected chi connectivity index (χ0v) is 11.4. The van der Waals surface area contributed by atoms with Crippen LogP contribution in [0.15, 0.2) is 28.8 Å². The van der Waals surface area contributed by atoms with E-state index in [0.717, 1.165) is 17.2 Å². The van der Waals surface area contributed by atoms with Crippen LogP contribution < -0.4 is 5.32 Å². The van der Waals surface area contributed by atoms with Gasteiger partial charge in [0.1, 0.15) is 0 Å². The molecule has 0 amide bonds. The molecule has 2 rings (SSSR count). The van der Waals surface area contributed by atoms with Gasteiger partial charge in [0.25, 0.3) is 0 Å². The van der Waals surface area contributed by atoms with Gasteiger partial charge in [0, 0.05) is 9.13 Å². The molecule has 2 aromatic rings. The molecule has 0 fully saturated rings. The van der Waals surface area contributed by atoms with Crippen LogP contribution in [0.1, 0.15) is 11.5 Å². The Bertz CT molecular complexity index is 494. The molecule has 0 atom stereocenters. The summed E-state index contributed by atoms with van der Waals surface area (Å²) in [6, 6.07) is 6.18. The second-order valence-corrected chi connectivity index (χ2v) is 4.66. The smallest absolute Gasteiger partial charge is 0.208 e. The molecule has 0 radical (unpaired) electrons. The summed E-state index contributed by atoms with van der Waals surface area (Å²) in [5.74, 6) is 1.55. The van der Waals surface area contributed by atoms with E-state index in [9.17, 15) is 0 Å². The highest BCUT2D eigenvalue weighted by Gasteiger charge is 2.10. The molecular formula is C12H13IN2O. The van der Waals surface area contributed by atoms with Crippen molar-refractivity contribution in [2.45, 2.75) is 13.5 Å². The third kappa shape index (κ3) is 2.27. The maximum Gasteiger partial charge on any atom is 0.208 e. The minimum atomic E-state index is 0.655. The predicted octanol–water partition coefficient (Wildman–Crippen LogP) is 2.97. The zero-order chi connectivity index (χ0) is 11.5. The van der Waals surface area contributed by atoms with Crippen molar-refractivity contribution >= 4 is 22.6 Å². The molecule has 0 aliphatic carbocycles. The highest BCUT2D eigenvalue weighted by atomic mass is 127. The lowest BCUT2D eigenvalue weighted by molar-refractivity contribution is 0.490. The van der Waals surface area contributed by atoms with Crippen molar-refractivity contribution in [3.05, 3.63) is 39.4 Å². The average molecular weight is 328 g/mol. The Morgan fingerprint density at radius 2 is 2.25 bits per heavy atom. The van der Waals surface area contributed by atoms with Crippen molar-refractivity contribution in [3.63, 3.8) is 0 Å². The fraction of sp³-hybridized carbons (Fsp3) is 0.250. The molecule has 3 nitrogen and oxygen atoms in total. The molecule has 1 heterocycles. The molecule has 0 aliphatic rings. The van der Waals surface area contributed by atoms with E-state index >= 15 is 0 Å². The van der Waals surface area contributed by atoms with Crippen LogP contribution in [0, 0.1) is 10.5 Å². The average Bonchev–Trinajstić information content (AvgIpc) is 2.71. The summed E-state index contributed by atoms with van der Waals surface area (Å²) in [7, 11) is 1.88. The Hall–Kier alpha value is -0.880. The van der Waals surface area contributed by atoms with Gasteiger partial charge in [-0.1, -0.05) is 18.2 Å². The minimum absolute atomic E-state index is 0.655. The van der Waals surface area contributed by atoms with E-state index in [1.54, 1.807) is 6.20 Å². The van der Waals surface area contributed by atoms with E-state index in [-0.39, 0.29) is 0 Å². The van der Waals surface area contributed by atoms with Gasteiger partial charge in [-0.25, -0.2) is 4.98 Å². The van der Waals surface area contributed by atoms with Gasteiger partial charge in [-0.15, -0.1) is 0 Å². The van der Waals surface area contributed by atoms with Crippen LogP contribution >= 0.6 is 22.6 Å². The highest BCUT2D eigenvalue weighted by Crippen LogP contribution is 2.27. The normalized spacial score (nSPS) is 10.7. The number of nitrogens with zero attached hydrogens (tertiary/aromatic N) is 1. The third-order valence-corrected chi connectivity index (χ3v) is 3.77. The molecule has 4 heteroatoms. The first kappa shape index (κ1) is 11.6. The Morgan fingerprint density at radius 1 is 1.44 bits per heavy atom. The molecule has 0 saturated carbocycles. The number of hydrogen-bond acceptors (Lipinski definition) is 3. The summed E-state index contributed by atoms with van der Waals surface area (Å²) >= 11 is 2.34. The van der Waals surface area contributed by atoms with Crippen molar-refractivity contribution in [3.8, 4) is 11.3 Å². The lowest BCUT2D eigenvalue weighted by Crippen LogP contribution is -2.04. The molecule has 0 bridgehead atoms. The van der Waals surface area contributed by atoms with Crippen LogP contribution in [-0.2, 0) is 6.54 Å². The van der Waals surface area contributed by atoms with Crippen molar-refractivity contribution < 1.29 is 4.42 Å². The number of oxazole rings is 1. The van der Waals surface area contributed by atoms with Gasteiger partial charge in [-0.3, -0.25) is 0 Å². The molecule has 0 saturated heterocycles. The van der Waals surface area contributed by atoms with E-state index in [2.05, 4.69) is 51.9 Å². The summed E-state index contributed by atoms with van der Waals surface area (Å²) in [5, 5.41) is 3.02. The molecule has 1 aromatic carbocycles. The molecule has 0 spiro atoms. The van der Waals surface area contributed by atoms with Crippen molar-refractivity contribution in [1.29, 1.82) is 0 Å². The molecule has 0 unspecified atom stereocenters. The third-order valence-electron chi connectivity index (χ3n) is 2.34. The van der Waals surface area contributed by atoms with E-state index in [1.807, 2.05) is 13.1 Å². The van der Waals surface area contributed by atoms with E-state index in [0.29, 0.717) is 6.54 Å². The molecule has 16 heavy (non-hydrogen) atoms. The maximum atomic E-state index is 5.67. The summed E-state index contributed by atoms with van der Waals surface area (Å²) in [6.07, 6.45) is 1.78. The summed E-state index contributed by atoms with van der Waals surface area (Å²) < 4.78 is 6.88. The van der Waals surface area contributed by atoms with Crippen LogP contribution in [0.4, 0.5) is 0 Å². The van der Waals surface area contributed by atoms with Crippen LogP contribution in [0.25, 0.3) is 11.3 Å². The molecule has 0 aliphatic heterocycles. The number of benzene rings is 1. The van der Waals surface area contributed by atoms with Gasteiger partial charge in [-0.2, -0.15) is 0 Å². The maximum absolute atomic E-state index is 5.67. The first-order valence-corrected chi connectivity index (χ1v) is 6.15. The second-order valence-electron chi connectivity index (χ2n) is 3.59. The van der Waals surface area contributed by atoms with Crippen molar-refractivity contribution in [2.75, 3.05) is 7.05 Å². The molecule has 84 valence electrons. The van der Waals surface area contributed by atoms with E-state index in [1.165, 1.54) is 9.13 Å². The second kappa shape index (κ2) is 4.97. The molecular weight excluding hydrogens is 315 g/mol. The summed E-state index contributed by atoms with van der Waals surface area (Å²) in [5.41, 5.74) is 2.36. The van der Waals surface area contributed by atoms with Gasteiger partial charge in [0.15, 0.2) is 5.76 Å². The molecule has 1 aromatic heterocycles. The van der Waals surface area contributed by atoms with Crippen LogP contribution in [-0.4, -0.2) is 12.0 Å². The number of aryl methyl sites for hydroxylation is 1. The standard InChI is InChI=1S/C12H13IN2O/c1-8-4-3-5-9(12(8)13)10-6-15-11(16-10)7-14-2/h3-6,14H,7H2,1-2H3. The van der Waals surface area contributed by atoms with Gasteiger partial charge >= 0.3 is 0 Å². The van der Waals surface area contributed by atoms with Crippen molar-refractivity contribution in [2.24, 2.45) is 0 Å². The number of hydrogen-bond donors (Lipinski definition) is 1. The van der Waals surface area contributed by atoms with Crippen LogP contribution in [0.3, 0.4) is 0 Å². The number of halogens is 1. The number of aromatic nitrogens is 1. The fourth-order valence-electron chi connectivity index (χ4n) is 1.51. The van der Waals surface area contributed by atoms with Crippen molar-refractivity contribution in [1.82, 2.24) is 10.3 Å². The number of nitrogens with one attached hydrogen (secondary N) is 1. The monoisotopic (exact) mass is 328 g/mol. The quantitative estimate of drug-likeness (QED) is 0.881. The van der Waals surface area contributed by atoms with Crippen LogP contribution in [0.5, 0.6) is 0 Å². The van der Waals surface area contributed by atoms with Gasteiger partial charge < -0.3 is 9.73 Å². The van der Waals surface area contributed by atoms with Gasteiger partial charge in [0.05, 0.1) is 12.7 Å². The number of rotatable bonds is 3. The Labute approximate surface area is 108 Å². The van der Waals surface area contributed by atoms with E-state index in [4.69, 9.17) is 4.42 Å².